The smallest absolute Gasteiger partial charge is 0.254 e. The third-order valence-corrected chi connectivity index (χ3v) is 3.99. The molecule has 1 aromatic rings. The molecule has 0 bridgehead atoms. The second-order valence-corrected chi connectivity index (χ2v) is 5.60. The number of hydrogen-bond acceptors (Lipinski definition) is 2. The second-order valence-electron chi connectivity index (χ2n) is 5.17. The van der Waals surface area contributed by atoms with Gasteiger partial charge < -0.3 is 10.2 Å². The molecule has 0 spiro atoms. The lowest BCUT2D eigenvalue weighted by Gasteiger charge is -2.36. The van der Waals surface area contributed by atoms with E-state index in [2.05, 4.69) is 5.32 Å². The van der Waals surface area contributed by atoms with Crippen molar-refractivity contribution in [1.82, 2.24) is 10.2 Å². The maximum Gasteiger partial charge on any atom is 0.254 e. The molecule has 1 N–H and O–H groups in total. The van der Waals surface area contributed by atoms with Crippen LogP contribution in [0.4, 0.5) is 0 Å². The van der Waals surface area contributed by atoms with Gasteiger partial charge in [0.25, 0.3) is 5.91 Å². The normalized spacial score (nSPS) is 19.5. The summed E-state index contributed by atoms with van der Waals surface area (Å²) in [4.78, 5) is 14.7. The Kier molecular flexibility index (Phi) is 4.83. The first-order valence-electron chi connectivity index (χ1n) is 6.85. The Labute approximate surface area is 119 Å². The van der Waals surface area contributed by atoms with Crippen LogP contribution in [0.5, 0.6) is 0 Å². The molecule has 0 aliphatic carbocycles. The van der Waals surface area contributed by atoms with Gasteiger partial charge in [-0.2, -0.15) is 0 Å². The third kappa shape index (κ3) is 3.28. The Bertz CT molecular complexity index is 459. The van der Waals surface area contributed by atoms with Gasteiger partial charge in [-0.05, 0) is 50.9 Å². The lowest BCUT2D eigenvalue weighted by atomic mass is 9.99. The Balaban J connectivity index is 2.23. The van der Waals surface area contributed by atoms with Gasteiger partial charge in [-0.25, -0.2) is 0 Å². The van der Waals surface area contributed by atoms with Crippen molar-refractivity contribution in [3.05, 3.63) is 34.3 Å². The molecule has 1 aliphatic rings. The van der Waals surface area contributed by atoms with Gasteiger partial charge in [0.1, 0.15) is 0 Å². The molecular weight excluding hydrogens is 260 g/mol. The van der Waals surface area contributed by atoms with E-state index in [9.17, 15) is 4.79 Å². The number of nitrogens with one attached hydrogen (secondary N) is 1. The summed E-state index contributed by atoms with van der Waals surface area (Å²) in [5, 5.41) is 3.80. The predicted octanol–water partition coefficient (Wildman–Crippen LogP) is 2.86. The average Bonchev–Trinajstić information content (AvgIpc) is 2.42. The van der Waals surface area contributed by atoms with Crippen molar-refractivity contribution in [3.63, 3.8) is 0 Å². The summed E-state index contributed by atoms with van der Waals surface area (Å²) >= 11 is 6.01. The van der Waals surface area contributed by atoms with E-state index in [0.717, 1.165) is 37.1 Å². The van der Waals surface area contributed by atoms with Crippen LogP contribution in [0.2, 0.25) is 5.02 Å². The summed E-state index contributed by atoms with van der Waals surface area (Å²) in [5.74, 6) is 0.111. The Hall–Kier alpha value is -1.06. The van der Waals surface area contributed by atoms with Gasteiger partial charge >= 0.3 is 0 Å². The molecule has 2 rings (SSSR count). The van der Waals surface area contributed by atoms with Crippen molar-refractivity contribution >= 4 is 17.5 Å². The summed E-state index contributed by atoms with van der Waals surface area (Å²) in [5.41, 5.74) is 1.72. The van der Waals surface area contributed by atoms with E-state index in [4.69, 9.17) is 11.6 Å². The summed E-state index contributed by atoms with van der Waals surface area (Å²) in [7, 11) is 1.93. The molecule has 1 aliphatic heterocycles. The number of likely N-dealkylation sites (N-methyl/N-ethyl adjacent to an activating group) is 1. The highest BCUT2D eigenvalue weighted by molar-refractivity contribution is 6.31. The van der Waals surface area contributed by atoms with Crippen molar-refractivity contribution in [2.45, 2.75) is 32.2 Å². The summed E-state index contributed by atoms with van der Waals surface area (Å²) in [6.45, 7) is 3.66. The van der Waals surface area contributed by atoms with Crippen molar-refractivity contribution in [2.24, 2.45) is 0 Å². The zero-order valence-electron chi connectivity index (χ0n) is 11.6. The van der Waals surface area contributed by atoms with E-state index < -0.39 is 0 Å². The van der Waals surface area contributed by atoms with Crippen LogP contribution in [0, 0.1) is 6.92 Å². The monoisotopic (exact) mass is 280 g/mol. The van der Waals surface area contributed by atoms with Crippen LogP contribution >= 0.6 is 11.6 Å². The number of piperidine rings is 1. The summed E-state index contributed by atoms with van der Waals surface area (Å²) in [6.07, 6.45) is 3.36. The molecule has 0 radical (unpaired) electrons. The quantitative estimate of drug-likeness (QED) is 0.923. The van der Waals surface area contributed by atoms with Crippen molar-refractivity contribution < 1.29 is 4.79 Å². The van der Waals surface area contributed by atoms with Crippen molar-refractivity contribution in [2.75, 3.05) is 20.1 Å². The van der Waals surface area contributed by atoms with E-state index >= 15 is 0 Å². The fourth-order valence-corrected chi connectivity index (χ4v) is 2.87. The maximum atomic E-state index is 12.7. The van der Waals surface area contributed by atoms with Crippen molar-refractivity contribution in [3.8, 4) is 0 Å². The molecule has 4 heteroatoms. The van der Waals surface area contributed by atoms with Gasteiger partial charge in [-0.3, -0.25) is 4.79 Å². The van der Waals surface area contributed by atoms with Crippen LogP contribution in [0.1, 0.15) is 35.2 Å². The summed E-state index contributed by atoms with van der Waals surface area (Å²) < 4.78 is 0. The molecule has 1 amide bonds. The number of benzene rings is 1. The number of hydrogen-bond donors (Lipinski definition) is 1. The Morgan fingerprint density at radius 1 is 1.47 bits per heavy atom. The zero-order chi connectivity index (χ0) is 13.8. The van der Waals surface area contributed by atoms with Crippen LogP contribution in [0.25, 0.3) is 0 Å². The van der Waals surface area contributed by atoms with E-state index in [0.29, 0.717) is 11.1 Å². The molecule has 1 unspecified atom stereocenters. The summed E-state index contributed by atoms with van der Waals surface area (Å²) in [6, 6.07) is 5.82. The molecule has 1 atom stereocenters. The number of aryl methyl sites for hydroxylation is 1. The number of rotatable bonds is 3. The Morgan fingerprint density at radius 2 is 2.26 bits per heavy atom. The highest BCUT2D eigenvalue weighted by Gasteiger charge is 2.27. The van der Waals surface area contributed by atoms with Crippen LogP contribution in [0.3, 0.4) is 0 Å². The molecule has 1 saturated heterocycles. The molecule has 1 aromatic carbocycles. The lowest BCUT2D eigenvalue weighted by molar-refractivity contribution is 0.0614. The van der Waals surface area contributed by atoms with E-state index in [-0.39, 0.29) is 5.91 Å². The minimum Gasteiger partial charge on any atom is -0.334 e. The van der Waals surface area contributed by atoms with Gasteiger partial charge in [0, 0.05) is 29.7 Å². The van der Waals surface area contributed by atoms with E-state index in [1.807, 2.05) is 31.0 Å². The highest BCUT2D eigenvalue weighted by Crippen LogP contribution is 2.22. The fourth-order valence-electron chi connectivity index (χ4n) is 2.70. The number of nitrogens with zero attached hydrogens (tertiary/aromatic N) is 1. The van der Waals surface area contributed by atoms with Gasteiger partial charge in [0.05, 0.1) is 0 Å². The molecule has 1 fully saturated rings. The molecule has 104 valence electrons. The largest absolute Gasteiger partial charge is 0.334 e. The van der Waals surface area contributed by atoms with Crippen LogP contribution < -0.4 is 5.32 Å². The highest BCUT2D eigenvalue weighted by atomic mass is 35.5. The standard InChI is InChI=1S/C15H21ClN2O/c1-11-6-7-12(16)9-14(11)15(19)18-8-4-3-5-13(18)10-17-2/h6-7,9,13,17H,3-5,8,10H2,1-2H3. The van der Waals surface area contributed by atoms with Crippen LogP contribution in [-0.2, 0) is 0 Å². The van der Waals surface area contributed by atoms with E-state index in [1.54, 1.807) is 6.07 Å². The fraction of sp³-hybridized carbons (Fsp3) is 0.533. The molecule has 19 heavy (non-hydrogen) atoms. The van der Waals surface area contributed by atoms with Gasteiger partial charge in [-0.15, -0.1) is 0 Å². The first-order valence-corrected chi connectivity index (χ1v) is 7.23. The number of halogens is 1. The number of likely N-dealkylation sites (tertiary alicyclic amines) is 1. The number of amides is 1. The van der Waals surface area contributed by atoms with Crippen molar-refractivity contribution in [1.29, 1.82) is 0 Å². The van der Waals surface area contributed by atoms with Gasteiger partial charge in [-0.1, -0.05) is 17.7 Å². The first kappa shape index (κ1) is 14.4. The predicted molar refractivity (Wildman–Crippen MR) is 78.8 cm³/mol. The number of carbonyl (C=O) groups is 1. The minimum absolute atomic E-state index is 0.111. The van der Waals surface area contributed by atoms with Crippen LogP contribution in [0.15, 0.2) is 18.2 Å². The molecule has 1 heterocycles. The third-order valence-electron chi connectivity index (χ3n) is 3.76. The van der Waals surface area contributed by atoms with Crippen LogP contribution in [-0.4, -0.2) is 37.0 Å². The topological polar surface area (TPSA) is 32.3 Å². The average molecular weight is 281 g/mol. The number of carbonyl (C=O) groups excluding carboxylic acids is 1. The molecule has 3 nitrogen and oxygen atoms in total. The van der Waals surface area contributed by atoms with E-state index in [1.165, 1.54) is 6.42 Å². The SMILES string of the molecule is CNCC1CCCCN1C(=O)c1cc(Cl)ccc1C. The zero-order valence-corrected chi connectivity index (χ0v) is 12.3. The first-order chi connectivity index (χ1) is 9.13. The second kappa shape index (κ2) is 6.40. The molecule has 0 aromatic heterocycles. The minimum atomic E-state index is 0.111. The molecule has 0 saturated carbocycles. The lowest BCUT2D eigenvalue weighted by Crippen LogP contribution is -2.48. The van der Waals surface area contributed by atoms with Gasteiger partial charge in [0.15, 0.2) is 0 Å². The maximum absolute atomic E-state index is 12.7. The van der Waals surface area contributed by atoms with Gasteiger partial charge in [0.2, 0.25) is 0 Å². The molecular formula is C15H21ClN2O. The Morgan fingerprint density at radius 3 is 3.00 bits per heavy atom.